The van der Waals surface area contributed by atoms with Crippen LogP contribution >= 0.6 is 0 Å². The van der Waals surface area contributed by atoms with E-state index in [1.165, 1.54) is 0 Å². The molecule has 0 fully saturated rings. The highest BCUT2D eigenvalue weighted by Gasteiger charge is 2.35. The highest BCUT2D eigenvalue weighted by molar-refractivity contribution is 5.62. The quantitative estimate of drug-likeness (QED) is 0.496. The van der Waals surface area contributed by atoms with Crippen molar-refractivity contribution in [1.82, 2.24) is 0 Å². The minimum Gasteiger partial charge on any atom is -0.363 e. The van der Waals surface area contributed by atoms with Crippen molar-refractivity contribution < 1.29 is 26.3 Å². The first-order chi connectivity index (χ1) is 10.4. The number of nitrogens with zero attached hydrogens (tertiary/aromatic N) is 2. The summed E-state index contributed by atoms with van der Waals surface area (Å²) in [5.41, 5.74) is -2.04. The zero-order valence-corrected chi connectivity index (χ0v) is 12.6. The zero-order valence-electron chi connectivity index (χ0n) is 12.6. The Balaban J connectivity index is 3.22. The second-order valence-electron chi connectivity index (χ2n) is 5.53. The molecule has 0 saturated heterocycles. The molecule has 0 aliphatic carbocycles. The molecule has 1 aromatic carbocycles. The van der Waals surface area contributed by atoms with Crippen LogP contribution in [0.5, 0.6) is 0 Å². The molecule has 8 heteroatoms. The summed E-state index contributed by atoms with van der Waals surface area (Å²) in [5.74, 6) is 0.107. The molecule has 0 unspecified atom stereocenters. The lowest BCUT2D eigenvalue weighted by Crippen LogP contribution is -2.35. The summed E-state index contributed by atoms with van der Waals surface area (Å²) in [4.78, 5) is 3.64. The van der Waals surface area contributed by atoms with Gasteiger partial charge in [-0.05, 0) is 24.5 Å². The Morgan fingerprint density at radius 1 is 1.13 bits per heavy atom. The number of halogens is 6. The fourth-order valence-electron chi connectivity index (χ4n) is 1.98. The number of anilines is 1. The van der Waals surface area contributed by atoms with Crippen LogP contribution in [-0.4, -0.2) is 19.3 Å². The van der Waals surface area contributed by atoms with Crippen LogP contribution in [0.1, 0.15) is 25.8 Å². The molecule has 2 nitrogen and oxygen atoms in total. The van der Waals surface area contributed by atoms with E-state index in [9.17, 15) is 26.3 Å². The summed E-state index contributed by atoms with van der Waals surface area (Å²) in [6.07, 6.45) is -8.92. The van der Waals surface area contributed by atoms with Crippen LogP contribution in [0, 0.1) is 12.5 Å². The van der Waals surface area contributed by atoms with Crippen LogP contribution in [0.15, 0.2) is 18.2 Å². The Hall–Kier alpha value is -1.91. The first-order valence-electron chi connectivity index (χ1n) is 6.84. The summed E-state index contributed by atoms with van der Waals surface area (Å²) < 4.78 is 76.9. The average Bonchev–Trinajstić information content (AvgIpc) is 2.40. The molecule has 1 aromatic rings. The van der Waals surface area contributed by atoms with E-state index in [1.54, 1.807) is 0 Å². The highest BCUT2D eigenvalue weighted by atomic mass is 19.4. The van der Waals surface area contributed by atoms with Gasteiger partial charge >= 0.3 is 12.4 Å². The van der Waals surface area contributed by atoms with Crippen molar-refractivity contribution >= 4 is 11.4 Å². The number of hydrogen-bond acceptors (Lipinski definition) is 1. The van der Waals surface area contributed by atoms with Gasteiger partial charge in [0.15, 0.2) is 5.69 Å². The molecule has 0 atom stereocenters. The summed E-state index contributed by atoms with van der Waals surface area (Å²) in [7, 11) is 0. The second kappa shape index (κ2) is 7.11. The molecule has 128 valence electrons. The van der Waals surface area contributed by atoms with Crippen molar-refractivity contribution in [3.8, 4) is 0 Å². The van der Waals surface area contributed by atoms with Crippen molar-refractivity contribution in [3.05, 3.63) is 35.2 Å². The number of hydrogen-bond donors (Lipinski definition) is 0. The Kier molecular flexibility index (Phi) is 5.92. The van der Waals surface area contributed by atoms with Crippen LogP contribution in [0.4, 0.5) is 37.7 Å². The van der Waals surface area contributed by atoms with Crippen molar-refractivity contribution in [3.63, 3.8) is 0 Å². The van der Waals surface area contributed by atoms with Gasteiger partial charge in [-0.3, -0.25) is 0 Å². The highest BCUT2D eigenvalue weighted by Crippen LogP contribution is 2.39. The molecule has 1 rings (SSSR count). The molecule has 0 radical (unpaired) electrons. The van der Waals surface area contributed by atoms with Gasteiger partial charge in [-0.25, -0.2) is 4.85 Å². The fourth-order valence-corrected chi connectivity index (χ4v) is 1.98. The lowest BCUT2D eigenvalue weighted by Gasteiger charge is -2.27. The largest absolute Gasteiger partial charge is 0.407 e. The van der Waals surface area contributed by atoms with E-state index in [0.29, 0.717) is 12.5 Å². The second-order valence-corrected chi connectivity index (χ2v) is 5.53. The minimum absolute atomic E-state index is 0.0220. The van der Waals surface area contributed by atoms with Gasteiger partial charge in [-0.15, -0.1) is 0 Å². The summed E-state index contributed by atoms with van der Waals surface area (Å²) in [6, 6.07) is 2.64. The van der Waals surface area contributed by atoms with Gasteiger partial charge in [0.05, 0.1) is 12.1 Å². The molecule has 0 saturated carbocycles. The maximum absolute atomic E-state index is 12.9. The third-order valence-electron chi connectivity index (χ3n) is 3.12. The first-order valence-corrected chi connectivity index (χ1v) is 6.84. The third kappa shape index (κ3) is 6.00. The van der Waals surface area contributed by atoms with Crippen molar-refractivity contribution in [2.75, 3.05) is 18.0 Å². The van der Waals surface area contributed by atoms with Gasteiger partial charge in [-0.1, -0.05) is 19.9 Å². The lowest BCUT2D eigenvalue weighted by atomic mass is 10.1. The standard InChI is InChI=1S/C15H16F6N2/c1-10(2)6-7-23(9-14(16,17)18)11-4-5-13(22-3)12(8-11)15(19,20)21/h4-5,8,10H,6-7,9H2,1-2H3. The monoisotopic (exact) mass is 338 g/mol. The van der Waals surface area contributed by atoms with Crippen molar-refractivity contribution in [2.24, 2.45) is 5.92 Å². The van der Waals surface area contributed by atoms with E-state index in [4.69, 9.17) is 6.57 Å². The molecule has 0 heterocycles. The molecule has 0 aliphatic heterocycles. The van der Waals surface area contributed by atoms with E-state index >= 15 is 0 Å². The average molecular weight is 338 g/mol. The maximum Gasteiger partial charge on any atom is 0.407 e. The molecule has 0 aromatic heterocycles. The molecule has 23 heavy (non-hydrogen) atoms. The van der Waals surface area contributed by atoms with Gasteiger partial charge in [-0.2, -0.15) is 26.3 Å². The lowest BCUT2D eigenvalue weighted by molar-refractivity contribution is -0.136. The molecular weight excluding hydrogens is 322 g/mol. The Morgan fingerprint density at radius 3 is 2.17 bits per heavy atom. The predicted molar refractivity (Wildman–Crippen MR) is 75.4 cm³/mol. The SMILES string of the molecule is [C-]#[N+]c1ccc(N(CCC(C)C)CC(F)(F)F)cc1C(F)(F)F. The van der Waals surface area contributed by atoms with Gasteiger partial charge in [0.25, 0.3) is 0 Å². The molecule has 0 spiro atoms. The number of alkyl halides is 6. The van der Waals surface area contributed by atoms with Crippen LogP contribution in [0.3, 0.4) is 0 Å². The van der Waals surface area contributed by atoms with Crippen LogP contribution in [0.2, 0.25) is 0 Å². The van der Waals surface area contributed by atoms with E-state index < -0.39 is 30.1 Å². The van der Waals surface area contributed by atoms with Crippen molar-refractivity contribution in [2.45, 2.75) is 32.6 Å². The van der Waals surface area contributed by atoms with Gasteiger partial charge in [0.2, 0.25) is 0 Å². The molecule has 0 amide bonds. The smallest absolute Gasteiger partial charge is 0.363 e. The molecule has 0 bridgehead atoms. The van der Waals surface area contributed by atoms with Gasteiger partial charge < -0.3 is 4.90 Å². The zero-order chi connectivity index (χ0) is 17.8. The summed E-state index contributed by atoms with van der Waals surface area (Å²) in [5, 5.41) is 0. The molecule has 0 aliphatic rings. The van der Waals surface area contributed by atoms with E-state index in [1.807, 2.05) is 13.8 Å². The van der Waals surface area contributed by atoms with Gasteiger partial charge in [0.1, 0.15) is 6.54 Å². The maximum atomic E-state index is 12.9. The number of rotatable bonds is 5. The Morgan fingerprint density at radius 2 is 1.74 bits per heavy atom. The van der Waals surface area contributed by atoms with E-state index in [0.717, 1.165) is 17.0 Å². The van der Waals surface area contributed by atoms with Gasteiger partial charge in [0, 0.05) is 12.2 Å². The Bertz CT molecular complexity index is 569. The first kappa shape index (κ1) is 19.1. The topological polar surface area (TPSA) is 7.60 Å². The third-order valence-corrected chi connectivity index (χ3v) is 3.12. The minimum atomic E-state index is -4.79. The number of benzene rings is 1. The van der Waals surface area contributed by atoms with Crippen molar-refractivity contribution in [1.29, 1.82) is 0 Å². The fraction of sp³-hybridized carbons (Fsp3) is 0.533. The normalized spacial score (nSPS) is 12.3. The molecular formula is C15H16F6N2. The molecule has 0 N–H and O–H groups in total. The van der Waals surface area contributed by atoms with E-state index in [-0.39, 0.29) is 18.2 Å². The summed E-state index contributed by atoms with van der Waals surface area (Å²) >= 11 is 0. The Labute approximate surface area is 130 Å². The van der Waals surface area contributed by atoms with Crippen LogP contribution in [0.25, 0.3) is 4.85 Å². The van der Waals surface area contributed by atoms with Crippen LogP contribution < -0.4 is 4.90 Å². The van der Waals surface area contributed by atoms with E-state index in [2.05, 4.69) is 4.85 Å². The van der Waals surface area contributed by atoms with Crippen LogP contribution in [-0.2, 0) is 6.18 Å². The summed E-state index contributed by atoms with van der Waals surface area (Å²) in [6.45, 7) is 9.02. The predicted octanol–water partition coefficient (Wildman–Crippen LogP) is 5.67.